The SMILES string of the molecule is CCCNCc1ccc(N(CC)C2CCCCC2)c(F)c1. The average molecular weight is 292 g/mol. The molecule has 118 valence electrons. The van der Waals surface area contributed by atoms with Crippen LogP contribution in [-0.4, -0.2) is 19.1 Å². The molecule has 0 aromatic heterocycles. The monoisotopic (exact) mass is 292 g/mol. The van der Waals surface area contributed by atoms with Crippen molar-refractivity contribution in [1.82, 2.24) is 5.32 Å². The lowest BCUT2D eigenvalue weighted by atomic mass is 9.93. The summed E-state index contributed by atoms with van der Waals surface area (Å²) in [5.41, 5.74) is 1.81. The van der Waals surface area contributed by atoms with Gasteiger partial charge in [-0.25, -0.2) is 4.39 Å². The van der Waals surface area contributed by atoms with Crippen LogP contribution in [0.15, 0.2) is 18.2 Å². The Hall–Kier alpha value is -1.09. The van der Waals surface area contributed by atoms with E-state index in [1.54, 1.807) is 6.07 Å². The number of nitrogens with one attached hydrogen (secondary N) is 1. The first-order valence-electron chi connectivity index (χ1n) is 8.52. The summed E-state index contributed by atoms with van der Waals surface area (Å²) in [7, 11) is 0. The zero-order valence-electron chi connectivity index (χ0n) is 13.5. The first-order chi connectivity index (χ1) is 10.3. The topological polar surface area (TPSA) is 15.3 Å². The Kier molecular flexibility index (Phi) is 6.50. The molecule has 1 fully saturated rings. The molecule has 0 saturated heterocycles. The van der Waals surface area contributed by atoms with E-state index in [9.17, 15) is 4.39 Å². The fraction of sp³-hybridized carbons (Fsp3) is 0.667. The van der Waals surface area contributed by atoms with E-state index in [0.29, 0.717) is 6.04 Å². The molecule has 0 unspecified atom stereocenters. The maximum Gasteiger partial charge on any atom is 0.146 e. The van der Waals surface area contributed by atoms with Gasteiger partial charge in [0.2, 0.25) is 0 Å². The van der Waals surface area contributed by atoms with E-state index in [2.05, 4.69) is 30.1 Å². The quantitative estimate of drug-likeness (QED) is 0.745. The van der Waals surface area contributed by atoms with Gasteiger partial charge in [0.05, 0.1) is 5.69 Å². The van der Waals surface area contributed by atoms with Gasteiger partial charge in [-0.05, 0) is 50.4 Å². The molecule has 1 aliphatic carbocycles. The maximum atomic E-state index is 14.5. The van der Waals surface area contributed by atoms with Crippen LogP contribution in [0.5, 0.6) is 0 Å². The number of hydrogen-bond acceptors (Lipinski definition) is 2. The molecule has 1 saturated carbocycles. The number of anilines is 1. The summed E-state index contributed by atoms with van der Waals surface area (Å²) in [6.45, 7) is 6.88. The lowest BCUT2D eigenvalue weighted by Crippen LogP contribution is -2.37. The number of nitrogens with zero attached hydrogens (tertiary/aromatic N) is 1. The molecule has 3 heteroatoms. The van der Waals surface area contributed by atoms with Gasteiger partial charge >= 0.3 is 0 Å². The van der Waals surface area contributed by atoms with E-state index >= 15 is 0 Å². The second kappa shape index (κ2) is 8.38. The van der Waals surface area contributed by atoms with Crippen LogP contribution in [-0.2, 0) is 6.54 Å². The van der Waals surface area contributed by atoms with Crippen molar-refractivity contribution >= 4 is 5.69 Å². The van der Waals surface area contributed by atoms with Crippen molar-refractivity contribution in [2.24, 2.45) is 0 Å². The maximum absolute atomic E-state index is 14.5. The average Bonchev–Trinajstić information content (AvgIpc) is 2.51. The van der Waals surface area contributed by atoms with Gasteiger partial charge in [0, 0.05) is 19.1 Å². The van der Waals surface area contributed by atoms with Crippen molar-refractivity contribution in [3.8, 4) is 0 Å². The van der Waals surface area contributed by atoms with Gasteiger partial charge in [0.25, 0.3) is 0 Å². The van der Waals surface area contributed by atoms with E-state index in [4.69, 9.17) is 0 Å². The van der Waals surface area contributed by atoms with Crippen LogP contribution < -0.4 is 10.2 Å². The Morgan fingerprint density at radius 2 is 1.95 bits per heavy atom. The van der Waals surface area contributed by atoms with E-state index in [0.717, 1.165) is 37.3 Å². The Morgan fingerprint density at radius 1 is 1.19 bits per heavy atom. The summed E-state index contributed by atoms with van der Waals surface area (Å²) in [4.78, 5) is 2.26. The van der Waals surface area contributed by atoms with E-state index in [-0.39, 0.29) is 5.82 Å². The van der Waals surface area contributed by atoms with E-state index in [1.165, 1.54) is 32.1 Å². The minimum absolute atomic E-state index is 0.0711. The van der Waals surface area contributed by atoms with Crippen molar-refractivity contribution in [2.75, 3.05) is 18.0 Å². The summed E-state index contributed by atoms with van der Waals surface area (Å²) in [5, 5.41) is 3.32. The molecule has 0 aliphatic heterocycles. The standard InChI is InChI=1S/C18H29FN2/c1-3-12-20-14-15-10-11-18(17(19)13-15)21(4-2)16-8-6-5-7-9-16/h10-11,13,16,20H,3-9,12,14H2,1-2H3. The zero-order valence-corrected chi connectivity index (χ0v) is 13.5. The van der Waals surface area contributed by atoms with Crippen LogP contribution >= 0.6 is 0 Å². The van der Waals surface area contributed by atoms with Crippen LogP contribution in [0.1, 0.15) is 57.9 Å². The van der Waals surface area contributed by atoms with Crippen molar-refractivity contribution in [3.05, 3.63) is 29.6 Å². The Morgan fingerprint density at radius 3 is 2.57 bits per heavy atom. The second-order valence-electron chi connectivity index (χ2n) is 6.04. The third kappa shape index (κ3) is 4.44. The van der Waals surface area contributed by atoms with Crippen molar-refractivity contribution in [2.45, 2.75) is 65.0 Å². The van der Waals surface area contributed by atoms with E-state index in [1.807, 2.05) is 6.07 Å². The molecule has 1 N–H and O–H groups in total. The predicted octanol–water partition coefficient (Wildman–Crippen LogP) is 4.48. The van der Waals surface area contributed by atoms with Gasteiger partial charge in [-0.2, -0.15) is 0 Å². The summed E-state index contributed by atoms with van der Waals surface area (Å²) in [5.74, 6) is -0.0711. The van der Waals surface area contributed by atoms with Gasteiger partial charge in [-0.1, -0.05) is 32.3 Å². The molecule has 21 heavy (non-hydrogen) atoms. The summed E-state index contributed by atoms with van der Waals surface area (Å²) >= 11 is 0. The van der Waals surface area contributed by atoms with Crippen LogP contribution in [0, 0.1) is 5.82 Å². The zero-order chi connectivity index (χ0) is 15.1. The predicted molar refractivity (Wildman–Crippen MR) is 88.3 cm³/mol. The molecule has 0 bridgehead atoms. The second-order valence-corrected chi connectivity index (χ2v) is 6.04. The third-order valence-electron chi connectivity index (χ3n) is 4.43. The lowest BCUT2D eigenvalue weighted by Gasteiger charge is -2.35. The fourth-order valence-corrected chi connectivity index (χ4v) is 3.32. The molecule has 0 atom stereocenters. The summed E-state index contributed by atoms with van der Waals surface area (Å²) < 4.78 is 14.5. The molecule has 1 aromatic rings. The van der Waals surface area contributed by atoms with Gasteiger partial charge in [-0.3, -0.25) is 0 Å². The molecular formula is C18H29FN2. The molecule has 0 spiro atoms. The highest BCUT2D eigenvalue weighted by atomic mass is 19.1. The normalized spacial score (nSPS) is 16.1. The molecule has 2 rings (SSSR count). The summed E-state index contributed by atoms with van der Waals surface area (Å²) in [6, 6.07) is 6.24. The fourth-order valence-electron chi connectivity index (χ4n) is 3.32. The summed E-state index contributed by atoms with van der Waals surface area (Å²) in [6.07, 6.45) is 7.40. The minimum atomic E-state index is -0.0711. The Balaban J connectivity index is 2.06. The van der Waals surface area contributed by atoms with Crippen LogP contribution in [0.4, 0.5) is 10.1 Å². The smallest absolute Gasteiger partial charge is 0.146 e. The molecular weight excluding hydrogens is 263 g/mol. The molecule has 2 nitrogen and oxygen atoms in total. The number of rotatable bonds is 7. The van der Waals surface area contributed by atoms with Crippen LogP contribution in [0.25, 0.3) is 0 Å². The Bertz CT molecular complexity index is 427. The van der Waals surface area contributed by atoms with Gasteiger partial charge in [-0.15, -0.1) is 0 Å². The third-order valence-corrected chi connectivity index (χ3v) is 4.43. The van der Waals surface area contributed by atoms with E-state index < -0.39 is 0 Å². The molecule has 1 aromatic carbocycles. The molecule has 0 amide bonds. The minimum Gasteiger partial charge on any atom is -0.366 e. The lowest BCUT2D eigenvalue weighted by molar-refractivity contribution is 0.414. The molecule has 0 heterocycles. The molecule has 1 aliphatic rings. The number of halogens is 1. The van der Waals surface area contributed by atoms with Gasteiger partial charge in [0.15, 0.2) is 0 Å². The van der Waals surface area contributed by atoms with Crippen LogP contribution in [0.3, 0.4) is 0 Å². The first kappa shape index (κ1) is 16.3. The number of hydrogen-bond donors (Lipinski definition) is 1. The van der Waals surface area contributed by atoms with Crippen LogP contribution in [0.2, 0.25) is 0 Å². The highest BCUT2D eigenvalue weighted by Gasteiger charge is 2.22. The van der Waals surface area contributed by atoms with Crippen molar-refractivity contribution in [3.63, 3.8) is 0 Å². The highest BCUT2D eigenvalue weighted by Crippen LogP contribution is 2.29. The van der Waals surface area contributed by atoms with Gasteiger partial charge < -0.3 is 10.2 Å². The van der Waals surface area contributed by atoms with Crippen molar-refractivity contribution in [1.29, 1.82) is 0 Å². The first-order valence-corrected chi connectivity index (χ1v) is 8.52. The van der Waals surface area contributed by atoms with Gasteiger partial charge in [0.1, 0.15) is 5.82 Å². The highest BCUT2D eigenvalue weighted by molar-refractivity contribution is 5.50. The van der Waals surface area contributed by atoms with Crippen molar-refractivity contribution < 1.29 is 4.39 Å². The Labute approximate surface area is 128 Å². The molecule has 0 radical (unpaired) electrons. The number of benzene rings is 1. The largest absolute Gasteiger partial charge is 0.366 e.